The van der Waals surface area contributed by atoms with Crippen molar-refractivity contribution in [1.82, 2.24) is 5.32 Å². The SMILES string of the molecule is CC(C)CNC(=O)/C=C/C=C\C(O)c1ccccc1. The Morgan fingerprint density at radius 1 is 1.26 bits per heavy atom. The van der Waals surface area contributed by atoms with E-state index in [4.69, 9.17) is 0 Å². The number of nitrogens with one attached hydrogen (secondary N) is 1. The van der Waals surface area contributed by atoms with Crippen LogP contribution in [0.15, 0.2) is 54.6 Å². The molecule has 0 heterocycles. The highest BCUT2D eigenvalue weighted by Gasteiger charge is 2.00. The molecule has 0 bridgehead atoms. The van der Waals surface area contributed by atoms with Crippen molar-refractivity contribution in [2.24, 2.45) is 5.92 Å². The number of carbonyl (C=O) groups is 1. The van der Waals surface area contributed by atoms with Gasteiger partial charge in [-0.25, -0.2) is 0 Å². The van der Waals surface area contributed by atoms with E-state index in [0.717, 1.165) is 5.56 Å². The van der Waals surface area contributed by atoms with Gasteiger partial charge < -0.3 is 10.4 Å². The fourth-order valence-electron chi connectivity index (χ4n) is 1.44. The molecule has 1 aromatic carbocycles. The highest BCUT2D eigenvalue weighted by atomic mass is 16.3. The smallest absolute Gasteiger partial charge is 0.243 e. The fourth-order valence-corrected chi connectivity index (χ4v) is 1.44. The maximum absolute atomic E-state index is 11.4. The van der Waals surface area contributed by atoms with Gasteiger partial charge in [0.15, 0.2) is 0 Å². The first-order valence-electron chi connectivity index (χ1n) is 6.45. The summed E-state index contributed by atoms with van der Waals surface area (Å²) in [6.07, 6.45) is 5.75. The first-order valence-corrected chi connectivity index (χ1v) is 6.45. The van der Waals surface area contributed by atoms with E-state index in [1.54, 1.807) is 18.2 Å². The lowest BCUT2D eigenvalue weighted by Gasteiger charge is -2.04. The van der Waals surface area contributed by atoms with E-state index in [2.05, 4.69) is 5.32 Å². The lowest BCUT2D eigenvalue weighted by atomic mass is 10.1. The lowest BCUT2D eigenvalue weighted by Crippen LogP contribution is -2.25. The first kappa shape index (κ1) is 15.2. The summed E-state index contributed by atoms with van der Waals surface area (Å²) in [5.74, 6) is 0.320. The highest BCUT2D eigenvalue weighted by Crippen LogP contribution is 2.12. The third kappa shape index (κ3) is 6.58. The monoisotopic (exact) mass is 259 g/mol. The Hall–Kier alpha value is -1.87. The number of hydrogen-bond donors (Lipinski definition) is 2. The van der Waals surface area contributed by atoms with E-state index in [-0.39, 0.29) is 5.91 Å². The Morgan fingerprint density at radius 3 is 2.58 bits per heavy atom. The maximum atomic E-state index is 11.4. The zero-order valence-electron chi connectivity index (χ0n) is 11.4. The van der Waals surface area contributed by atoms with Gasteiger partial charge >= 0.3 is 0 Å². The molecule has 19 heavy (non-hydrogen) atoms. The van der Waals surface area contributed by atoms with Gasteiger partial charge in [-0.2, -0.15) is 0 Å². The molecule has 0 aliphatic carbocycles. The summed E-state index contributed by atoms with van der Waals surface area (Å²) in [6, 6.07) is 9.37. The minimum absolute atomic E-state index is 0.118. The number of aliphatic hydroxyl groups is 1. The second kappa shape index (κ2) is 8.27. The Bertz CT molecular complexity index is 435. The van der Waals surface area contributed by atoms with Crippen LogP contribution in [0.25, 0.3) is 0 Å². The number of amides is 1. The molecule has 1 atom stereocenters. The summed E-state index contributed by atoms with van der Waals surface area (Å²) in [5, 5.41) is 12.6. The van der Waals surface area contributed by atoms with Crippen molar-refractivity contribution < 1.29 is 9.90 Å². The second-order valence-corrected chi connectivity index (χ2v) is 4.74. The highest BCUT2D eigenvalue weighted by molar-refractivity contribution is 5.87. The fraction of sp³-hybridized carbons (Fsp3) is 0.312. The zero-order valence-corrected chi connectivity index (χ0v) is 11.4. The lowest BCUT2D eigenvalue weighted by molar-refractivity contribution is -0.116. The molecule has 0 spiro atoms. The molecule has 0 aromatic heterocycles. The molecule has 3 heteroatoms. The van der Waals surface area contributed by atoms with E-state index >= 15 is 0 Å². The number of hydrogen-bond acceptors (Lipinski definition) is 2. The Balaban J connectivity index is 2.39. The summed E-state index contributed by atoms with van der Waals surface area (Å²) in [4.78, 5) is 11.4. The number of aliphatic hydroxyl groups excluding tert-OH is 1. The first-order chi connectivity index (χ1) is 9.09. The summed E-state index contributed by atoms with van der Waals surface area (Å²) in [6.45, 7) is 4.75. The van der Waals surface area contributed by atoms with Crippen molar-refractivity contribution in [2.45, 2.75) is 20.0 Å². The summed E-state index contributed by atoms with van der Waals surface area (Å²) >= 11 is 0. The quantitative estimate of drug-likeness (QED) is 0.609. The van der Waals surface area contributed by atoms with Gasteiger partial charge in [0.2, 0.25) is 5.91 Å². The Kier molecular flexibility index (Phi) is 6.61. The van der Waals surface area contributed by atoms with Crippen LogP contribution in [0, 0.1) is 5.92 Å². The largest absolute Gasteiger partial charge is 0.384 e. The van der Waals surface area contributed by atoms with E-state index in [1.807, 2.05) is 44.2 Å². The molecular formula is C16H21NO2. The van der Waals surface area contributed by atoms with Gasteiger partial charge in [-0.3, -0.25) is 4.79 Å². The van der Waals surface area contributed by atoms with E-state index < -0.39 is 6.10 Å². The minimum Gasteiger partial charge on any atom is -0.384 e. The topological polar surface area (TPSA) is 49.3 Å². The molecule has 1 aromatic rings. The van der Waals surface area contributed by atoms with Crippen molar-refractivity contribution in [1.29, 1.82) is 0 Å². The molecule has 102 valence electrons. The van der Waals surface area contributed by atoms with Crippen LogP contribution < -0.4 is 5.32 Å². The van der Waals surface area contributed by atoms with Gasteiger partial charge in [0.05, 0.1) is 6.10 Å². The molecule has 0 aliphatic rings. The molecule has 0 saturated carbocycles. The molecule has 0 saturated heterocycles. The van der Waals surface area contributed by atoms with Crippen molar-refractivity contribution in [3.8, 4) is 0 Å². The average Bonchev–Trinajstić information content (AvgIpc) is 2.42. The van der Waals surface area contributed by atoms with Crippen LogP contribution in [-0.4, -0.2) is 17.6 Å². The van der Waals surface area contributed by atoms with Gasteiger partial charge in [-0.15, -0.1) is 0 Å². The van der Waals surface area contributed by atoms with Crippen LogP contribution >= 0.6 is 0 Å². The molecule has 1 amide bonds. The van der Waals surface area contributed by atoms with E-state index in [9.17, 15) is 9.90 Å². The van der Waals surface area contributed by atoms with Crippen molar-refractivity contribution >= 4 is 5.91 Å². The maximum Gasteiger partial charge on any atom is 0.243 e. The van der Waals surface area contributed by atoms with Crippen molar-refractivity contribution in [2.75, 3.05) is 6.54 Å². The van der Waals surface area contributed by atoms with Gasteiger partial charge in [-0.1, -0.05) is 62.4 Å². The third-order valence-electron chi connectivity index (χ3n) is 2.48. The number of allylic oxidation sites excluding steroid dienone is 2. The summed E-state index contributed by atoms with van der Waals surface area (Å²) in [7, 11) is 0. The molecular weight excluding hydrogens is 238 g/mol. The standard InChI is InChI=1S/C16H21NO2/c1-13(2)12-17-16(19)11-7-6-10-15(18)14-8-4-3-5-9-14/h3-11,13,15,18H,12H2,1-2H3,(H,17,19)/b10-6-,11-7+. The van der Waals surface area contributed by atoms with Gasteiger partial charge in [0.25, 0.3) is 0 Å². The Morgan fingerprint density at radius 2 is 1.95 bits per heavy atom. The molecule has 3 nitrogen and oxygen atoms in total. The molecule has 0 fully saturated rings. The van der Waals surface area contributed by atoms with E-state index in [0.29, 0.717) is 12.5 Å². The second-order valence-electron chi connectivity index (χ2n) is 4.74. The molecule has 1 rings (SSSR count). The zero-order chi connectivity index (χ0) is 14.1. The number of carbonyl (C=O) groups excluding carboxylic acids is 1. The van der Waals surface area contributed by atoms with Gasteiger partial charge in [0, 0.05) is 12.6 Å². The van der Waals surface area contributed by atoms with Crippen molar-refractivity contribution in [3.63, 3.8) is 0 Å². The van der Waals surface area contributed by atoms with E-state index in [1.165, 1.54) is 6.08 Å². The minimum atomic E-state index is -0.649. The van der Waals surface area contributed by atoms with Crippen LogP contribution in [0.4, 0.5) is 0 Å². The van der Waals surface area contributed by atoms with Crippen LogP contribution in [0.1, 0.15) is 25.5 Å². The van der Waals surface area contributed by atoms with Crippen LogP contribution in [0.3, 0.4) is 0 Å². The van der Waals surface area contributed by atoms with Gasteiger partial charge in [0.1, 0.15) is 0 Å². The molecule has 2 N–H and O–H groups in total. The molecule has 0 aliphatic heterocycles. The predicted molar refractivity (Wildman–Crippen MR) is 77.5 cm³/mol. The van der Waals surface area contributed by atoms with Crippen LogP contribution in [0.5, 0.6) is 0 Å². The summed E-state index contributed by atoms with van der Waals surface area (Å²) < 4.78 is 0. The predicted octanol–water partition coefficient (Wildman–Crippen LogP) is 2.60. The van der Waals surface area contributed by atoms with Crippen molar-refractivity contribution in [3.05, 3.63) is 60.2 Å². The molecule has 0 radical (unpaired) electrons. The van der Waals surface area contributed by atoms with Crippen LogP contribution in [0.2, 0.25) is 0 Å². The number of benzene rings is 1. The van der Waals surface area contributed by atoms with Crippen LogP contribution in [-0.2, 0) is 4.79 Å². The molecule has 1 unspecified atom stereocenters. The summed E-state index contributed by atoms with van der Waals surface area (Å²) in [5.41, 5.74) is 0.830. The Labute approximate surface area is 114 Å². The average molecular weight is 259 g/mol. The normalized spacial score (nSPS) is 13.3. The number of rotatable bonds is 6. The van der Waals surface area contributed by atoms with Gasteiger partial charge in [-0.05, 0) is 11.5 Å². The third-order valence-corrected chi connectivity index (χ3v) is 2.48.